The van der Waals surface area contributed by atoms with E-state index in [1.54, 1.807) is 24.3 Å². The SMILES string of the molecule is CCn1nc(C(=O)NCc2ccc(C)cc2)c2ccccc2c1=O. The first-order valence-corrected chi connectivity index (χ1v) is 7.93. The number of amides is 1. The van der Waals surface area contributed by atoms with Crippen LogP contribution in [0, 0.1) is 6.92 Å². The van der Waals surface area contributed by atoms with Crippen LogP contribution in [0.2, 0.25) is 0 Å². The summed E-state index contributed by atoms with van der Waals surface area (Å²) < 4.78 is 1.32. The number of fused-ring (bicyclic) bond motifs is 1. The Balaban J connectivity index is 1.93. The summed E-state index contributed by atoms with van der Waals surface area (Å²) >= 11 is 0. The monoisotopic (exact) mass is 321 g/mol. The average molecular weight is 321 g/mol. The van der Waals surface area contributed by atoms with Gasteiger partial charge in [0.05, 0.1) is 5.39 Å². The number of carbonyl (C=O) groups excluding carboxylic acids is 1. The van der Waals surface area contributed by atoms with Crippen molar-refractivity contribution in [2.24, 2.45) is 0 Å². The topological polar surface area (TPSA) is 64.0 Å². The molecule has 24 heavy (non-hydrogen) atoms. The Hall–Kier alpha value is -2.95. The molecule has 0 bridgehead atoms. The highest BCUT2D eigenvalue weighted by atomic mass is 16.2. The summed E-state index contributed by atoms with van der Waals surface area (Å²) in [6, 6.07) is 15.0. The maximum Gasteiger partial charge on any atom is 0.274 e. The minimum Gasteiger partial charge on any atom is -0.347 e. The molecule has 3 aromatic rings. The zero-order valence-corrected chi connectivity index (χ0v) is 13.7. The van der Waals surface area contributed by atoms with Gasteiger partial charge >= 0.3 is 0 Å². The van der Waals surface area contributed by atoms with Crippen molar-refractivity contribution >= 4 is 16.7 Å². The molecule has 3 rings (SSSR count). The van der Waals surface area contributed by atoms with Crippen LogP contribution in [-0.2, 0) is 13.1 Å². The lowest BCUT2D eigenvalue weighted by Crippen LogP contribution is -2.30. The lowest BCUT2D eigenvalue weighted by Gasteiger charge is -2.10. The predicted octanol–water partition coefficient (Wildman–Crippen LogP) is 2.65. The molecule has 5 heteroatoms. The number of nitrogens with zero attached hydrogens (tertiary/aromatic N) is 2. The maximum atomic E-state index is 12.6. The Morgan fingerprint density at radius 3 is 2.42 bits per heavy atom. The van der Waals surface area contributed by atoms with Crippen molar-refractivity contribution in [1.82, 2.24) is 15.1 Å². The zero-order valence-electron chi connectivity index (χ0n) is 13.7. The number of hydrogen-bond donors (Lipinski definition) is 1. The standard InChI is InChI=1S/C19H19N3O2/c1-3-22-19(24)16-7-5-4-6-15(16)17(21-22)18(23)20-12-14-10-8-13(2)9-11-14/h4-11H,3,12H2,1-2H3,(H,20,23). The number of rotatable bonds is 4. The molecule has 0 aliphatic heterocycles. The van der Waals surface area contributed by atoms with E-state index in [0.717, 1.165) is 5.56 Å². The van der Waals surface area contributed by atoms with Gasteiger partial charge in [-0.15, -0.1) is 0 Å². The van der Waals surface area contributed by atoms with Crippen molar-refractivity contribution in [2.45, 2.75) is 26.9 Å². The third-order valence-electron chi connectivity index (χ3n) is 3.96. The molecule has 0 aliphatic carbocycles. The Kier molecular flexibility index (Phi) is 4.42. The highest BCUT2D eigenvalue weighted by Gasteiger charge is 2.15. The molecule has 122 valence electrons. The summed E-state index contributed by atoms with van der Waals surface area (Å²) in [4.78, 5) is 24.9. The summed E-state index contributed by atoms with van der Waals surface area (Å²) in [5, 5.41) is 8.20. The van der Waals surface area contributed by atoms with E-state index in [4.69, 9.17) is 0 Å². The summed E-state index contributed by atoms with van der Waals surface area (Å²) in [5.41, 5.74) is 2.29. The van der Waals surface area contributed by atoms with Crippen LogP contribution in [0.25, 0.3) is 10.8 Å². The molecule has 0 saturated carbocycles. The molecule has 0 unspecified atom stereocenters. The molecule has 0 aliphatic rings. The smallest absolute Gasteiger partial charge is 0.274 e. The molecule has 0 saturated heterocycles. The first-order chi connectivity index (χ1) is 11.6. The number of hydrogen-bond acceptors (Lipinski definition) is 3. The summed E-state index contributed by atoms with van der Waals surface area (Å²) in [6.45, 7) is 4.69. The lowest BCUT2D eigenvalue weighted by atomic mass is 10.1. The van der Waals surface area contributed by atoms with Crippen LogP contribution in [-0.4, -0.2) is 15.7 Å². The number of aromatic nitrogens is 2. The molecule has 1 amide bonds. The maximum absolute atomic E-state index is 12.6. The third kappa shape index (κ3) is 3.06. The molecular formula is C19H19N3O2. The normalized spacial score (nSPS) is 10.8. The molecule has 1 heterocycles. The van der Waals surface area contributed by atoms with E-state index in [1.165, 1.54) is 10.2 Å². The Morgan fingerprint density at radius 1 is 1.08 bits per heavy atom. The summed E-state index contributed by atoms with van der Waals surface area (Å²) in [6.07, 6.45) is 0. The highest BCUT2D eigenvalue weighted by Crippen LogP contribution is 2.13. The Bertz CT molecular complexity index is 943. The van der Waals surface area contributed by atoms with Crippen molar-refractivity contribution < 1.29 is 4.79 Å². The van der Waals surface area contributed by atoms with Crippen LogP contribution >= 0.6 is 0 Å². The molecule has 0 fully saturated rings. The summed E-state index contributed by atoms with van der Waals surface area (Å²) in [5.74, 6) is -0.283. The highest BCUT2D eigenvalue weighted by molar-refractivity contribution is 6.04. The van der Waals surface area contributed by atoms with Crippen LogP contribution in [0.3, 0.4) is 0 Å². The van der Waals surface area contributed by atoms with Crippen molar-refractivity contribution in [3.63, 3.8) is 0 Å². The minimum atomic E-state index is -0.283. The summed E-state index contributed by atoms with van der Waals surface area (Å²) in [7, 11) is 0. The molecule has 1 aromatic heterocycles. The van der Waals surface area contributed by atoms with E-state index in [-0.39, 0.29) is 17.2 Å². The third-order valence-corrected chi connectivity index (χ3v) is 3.96. The van der Waals surface area contributed by atoms with E-state index in [2.05, 4.69) is 10.4 Å². The molecular weight excluding hydrogens is 302 g/mol. The van der Waals surface area contributed by atoms with Crippen LogP contribution < -0.4 is 10.9 Å². The molecule has 2 aromatic carbocycles. The fourth-order valence-corrected chi connectivity index (χ4v) is 2.59. The van der Waals surface area contributed by atoms with Crippen molar-refractivity contribution in [3.8, 4) is 0 Å². The Labute approximate surface area is 139 Å². The zero-order chi connectivity index (χ0) is 17.1. The molecule has 5 nitrogen and oxygen atoms in total. The van der Waals surface area contributed by atoms with Gasteiger partial charge in [0.25, 0.3) is 11.5 Å². The average Bonchev–Trinajstić information content (AvgIpc) is 2.61. The van der Waals surface area contributed by atoms with E-state index >= 15 is 0 Å². The van der Waals surface area contributed by atoms with Gasteiger partial charge in [0.2, 0.25) is 0 Å². The van der Waals surface area contributed by atoms with Gasteiger partial charge in [-0.05, 0) is 25.5 Å². The fraction of sp³-hybridized carbons (Fsp3) is 0.211. The molecule has 0 radical (unpaired) electrons. The van der Waals surface area contributed by atoms with Gasteiger partial charge in [0.1, 0.15) is 0 Å². The number of aryl methyl sites for hydroxylation is 2. The van der Waals surface area contributed by atoms with E-state index in [1.807, 2.05) is 38.1 Å². The first kappa shape index (κ1) is 15.9. The van der Waals surface area contributed by atoms with Crippen LogP contribution in [0.4, 0.5) is 0 Å². The number of benzene rings is 2. The van der Waals surface area contributed by atoms with Gasteiger partial charge in [-0.1, -0.05) is 48.0 Å². The molecule has 0 spiro atoms. The van der Waals surface area contributed by atoms with Crippen molar-refractivity contribution in [1.29, 1.82) is 0 Å². The number of carbonyl (C=O) groups is 1. The van der Waals surface area contributed by atoms with E-state index in [0.29, 0.717) is 23.9 Å². The largest absolute Gasteiger partial charge is 0.347 e. The lowest BCUT2D eigenvalue weighted by molar-refractivity contribution is 0.0945. The second-order valence-electron chi connectivity index (χ2n) is 5.68. The fourth-order valence-electron chi connectivity index (χ4n) is 2.59. The predicted molar refractivity (Wildman–Crippen MR) is 94.0 cm³/mol. The second kappa shape index (κ2) is 6.66. The molecule has 1 N–H and O–H groups in total. The van der Waals surface area contributed by atoms with Crippen molar-refractivity contribution in [2.75, 3.05) is 0 Å². The van der Waals surface area contributed by atoms with Gasteiger partial charge in [-0.3, -0.25) is 9.59 Å². The van der Waals surface area contributed by atoms with Crippen LogP contribution in [0.15, 0.2) is 53.3 Å². The minimum absolute atomic E-state index is 0.178. The van der Waals surface area contributed by atoms with E-state index in [9.17, 15) is 9.59 Å². The second-order valence-corrected chi connectivity index (χ2v) is 5.68. The van der Waals surface area contributed by atoms with Gasteiger partial charge in [0, 0.05) is 18.5 Å². The van der Waals surface area contributed by atoms with Crippen molar-refractivity contribution in [3.05, 3.63) is 75.7 Å². The Morgan fingerprint density at radius 2 is 1.75 bits per heavy atom. The molecule has 0 atom stereocenters. The first-order valence-electron chi connectivity index (χ1n) is 7.93. The van der Waals surface area contributed by atoms with Gasteiger partial charge < -0.3 is 5.32 Å². The van der Waals surface area contributed by atoms with Crippen LogP contribution in [0.5, 0.6) is 0 Å². The quantitative estimate of drug-likeness (QED) is 0.803. The van der Waals surface area contributed by atoms with Crippen LogP contribution in [0.1, 0.15) is 28.5 Å². The van der Waals surface area contributed by atoms with E-state index < -0.39 is 0 Å². The van der Waals surface area contributed by atoms with Gasteiger partial charge in [-0.2, -0.15) is 5.10 Å². The number of nitrogens with one attached hydrogen (secondary N) is 1. The van der Waals surface area contributed by atoms with Gasteiger partial charge in [0.15, 0.2) is 5.69 Å². The van der Waals surface area contributed by atoms with Gasteiger partial charge in [-0.25, -0.2) is 4.68 Å².